The van der Waals surface area contributed by atoms with Gasteiger partial charge in [0.1, 0.15) is 5.75 Å². The van der Waals surface area contributed by atoms with E-state index in [2.05, 4.69) is 28.2 Å². The molecule has 0 aliphatic heterocycles. The Kier molecular flexibility index (Phi) is 6.88. The third kappa shape index (κ3) is 4.88. The number of anilines is 1. The van der Waals surface area contributed by atoms with E-state index in [1.165, 1.54) is 11.8 Å². The molecular weight excluding hydrogens is 398 g/mol. The van der Waals surface area contributed by atoms with Crippen molar-refractivity contribution >= 4 is 23.4 Å². The highest BCUT2D eigenvalue weighted by atomic mass is 32.2. The summed E-state index contributed by atoms with van der Waals surface area (Å²) in [5, 5.41) is 20.6. The standard InChI is InChI=1S/C22H21N5O2S/c1-4-12-27-20(17-8-10-19(29-3)11-9-17)25-26-22(27)30-15(2)21(28)24-18-7-5-6-16(13-18)14-23/h4-11,13,15H,1,12H2,2-3H3,(H,24,28)/t15-/m1/s1. The van der Waals surface area contributed by atoms with Gasteiger partial charge in [-0.1, -0.05) is 23.9 Å². The van der Waals surface area contributed by atoms with Gasteiger partial charge in [-0.05, 0) is 49.4 Å². The van der Waals surface area contributed by atoms with Crippen LogP contribution in [0.5, 0.6) is 5.75 Å². The first-order valence-electron chi connectivity index (χ1n) is 9.22. The van der Waals surface area contributed by atoms with Gasteiger partial charge in [0.2, 0.25) is 5.91 Å². The molecule has 7 nitrogen and oxygen atoms in total. The zero-order chi connectivity index (χ0) is 21.5. The van der Waals surface area contributed by atoms with E-state index in [-0.39, 0.29) is 5.91 Å². The summed E-state index contributed by atoms with van der Waals surface area (Å²) in [4.78, 5) is 12.6. The number of amides is 1. The van der Waals surface area contributed by atoms with E-state index in [0.29, 0.717) is 28.8 Å². The number of ether oxygens (including phenoxy) is 1. The fraction of sp³-hybridized carbons (Fsp3) is 0.182. The molecule has 0 fully saturated rings. The van der Waals surface area contributed by atoms with Crippen LogP contribution in [0.1, 0.15) is 12.5 Å². The van der Waals surface area contributed by atoms with Crippen LogP contribution in [-0.4, -0.2) is 33.0 Å². The number of benzene rings is 2. The predicted octanol–water partition coefficient (Wildman–Crippen LogP) is 4.13. The topological polar surface area (TPSA) is 92.8 Å². The fourth-order valence-corrected chi connectivity index (χ4v) is 3.60. The van der Waals surface area contributed by atoms with Crippen molar-refractivity contribution in [3.63, 3.8) is 0 Å². The summed E-state index contributed by atoms with van der Waals surface area (Å²) in [7, 11) is 1.62. The molecule has 1 heterocycles. The van der Waals surface area contributed by atoms with E-state index in [4.69, 9.17) is 10.00 Å². The zero-order valence-electron chi connectivity index (χ0n) is 16.7. The molecule has 0 bridgehead atoms. The molecule has 152 valence electrons. The predicted molar refractivity (Wildman–Crippen MR) is 117 cm³/mol. The van der Waals surface area contributed by atoms with Gasteiger partial charge in [-0.15, -0.1) is 16.8 Å². The summed E-state index contributed by atoms with van der Waals surface area (Å²) in [5.74, 6) is 1.26. The minimum Gasteiger partial charge on any atom is -0.497 e. The van der Waals surface area contributed by atoms with Gasteiger partial charge in [-0.3, -0.25) is 9.36 Å². The van der Waals surface area contributed by atoms with Crippen molar-refractivity contribution in [2.45, 2.75) is 23.9 Å². The number of carbonyl (C=O) groups is 1. The molecular formula is C22H21N5O2S. The number of nitrogens with zero attached hydrogens (tertiary/aromatic N) is 4. The fourth-order valence-electron chi connectivity index (χ4n) is 2.75. The Bertz CT molecular complexity index is 1090. The van der Waals surface area contributed by atoms with Crippen molar-refractivity contribution < 1.29 is 9.53 Å². The SMILES string of the molecule is C=CCn1c(S[C@H](C)C(=O)Nc2cccc(C#N)c2)nnc1-c1ccc(OC)cc1. The minimum absolute atomic E-state index is 0.186. The smallest absolute Gasteiger partial charge is 0.237 e. The Balaban J connectivity index is 1.77. The normalized spacial score (nSPS) is 11.4. The molecule has 1 amide bonds. The third-order valence-electron chi connectivity index (χ3n) is 4.29. The van der Waals surface area contributed by atoms with E-state index in [9.17, 15) is 4.79 Å². The quantitative estimate of drug-likeness (QED) is 0.436. The Morgan fingerprint density at radius 1 is 1.33 bits per heavy atom. The molecule has 0 saturated carbocycles. The van der Waals surface area contributed by atoms with Crippen LogP contribution in [0.15, 0.2) is 66.3 Å². The molecule has 0 aliphatic rings. The molecule has 0 saturated heterocycles. The summed E-state index contributed by atoms with van der Waals surface area (Å²) in [6, 6.07) is 16.4. The van der Waals surface area contributed by atoms with Crippen LogP contribution in [-0.2, 0) is 11.3 Å². The van der Waals surface area contributed by atoms with Crippen LogP contribution in [0, 0.1) is 11.3 Å². The first-order valence-corrected chi connectivity index (χ1v) is 10.1. The first kappa shape index (κ1) is 21.1. The number of thioether (sulfide) groups is 1. The molecule has 0 radical (unpaired) electrons. The molecule has 3 aromatic rings. The van der Waals surface area contributed by atoms with Gasteiger partial charge < -0.3 is 10.1 Å². The minimum atomic E-state index is -0.424. The van der Waals surface area contributed by atoms with Crippen molar-refractivity contribution in [2.75, 3.05) is 12.4 Å². The summed E-state index contributed by atoms with van der Waals surface area (Å²) >= 11 is 1.31. The van der Waals surface area contributed by atoms with Crippen molar-refractivity contribution in [1.82, 2.24) is 14.8 Å². The monoisotopic (exact) mass is 419 g/mol. The number of aromatic nitrogens is 3. The lowest BCUT2D eigenvalue weighted by Gasteiger charge is -2.13. The van der Waals surface area contributed by atoms with Crippen LogP contribution in [0.4, 0.5) is 5.69 Å². The Morgan fingerprint density at radius 2 is 2.10 bits per heavy atom. The first-order chi connectivity index (χ1) is 14.5. The Labute approximate surface area is 179 Å². The van der Waals surface area contributed by atoms with Gasteiger partial charge in [0.25, 0.3) is 0 Å². The van der Waals surface area contributed by atoms with Crippen molar-refractivity contribution in [3.05, 3.63) is 66.7 Å². The maximum Gasteiger partial charge on any atom is 0.237 e. The van der Waals surface area contributed by atoms with E-state index < -0.39 is 5.25 Å². The van der Waals surface area contributed by atoms with Crippen molar-refractivity contribution in [1.29, 1.82) is 5.26 Å². The maximum atomic E-state index is 12.6. The van der Waals surface area contributed by atoms with Crippen molar-refractivity contribution in [3.8, 4) is 23.2 Å². The van der Waals surface area contributed by atoms with Gasteiger partial charge in [0, 0.05) is 17.8 Å². The highest BCUT2D eigenvalue weighted by Crippen LogP contribution is 2.28. The lowest BCUT2D eigenvalue weighted by Crippen LogP contribution is -2.23. The number of carbonyl (C=O) groups excluding carboxylic acids is 1. The second kappa shape index (κ2) is 9.76. The number of rotatable bonds is 8. The van der Waals surface area contributed by atoms with Crippen LogP contribution in [0.3, 0.4) is 0 Å². The van der Waals surface area contributed by atoms with Gasteiger partial charge in [0.15, 0.2) is 11.0 Å². The number of nitriles is 1. The zero-order valence-corrected chi connectivity index (χ0v) is 17.5. The molecule has 0 spiro atoms. The van der Waals surface area contributed by atoms with Crippen molar-refractivity contribution in [2.24, 2.45) is 0 Å². The Morgan fingerprint density at radius 3 is 2.77 bits per heavy atom. The largest absolute Gasteiger partial charge is 0.497 e. The molecule has 30 heavy (non-hydrogen) atoms. The van der Waals surface area contributed by atoms with Crippen LogP contribution in [0.2, 0.25) is 0 Å². The number of methoxy groups -OCH3 is 1. The summed E-state index contributed by atoms with van der Waals surface area (Å²) < 4.78 is 7.12. The number of allylic oxidation sites excluding steroid dienone is 1. The molecule has 1 aromatic heterocycles. The van der Waals surface area contributed by atoms with Gasteiger partial charge in [-0.25, -0.2) is 0 Å². The molecule has 0 unspecified atom stereocenters. The van der Waals surface area contributed by atoms with Gasteiger partial charge in [0.05, 0.1) is 24.0 Å². The lowest BCUT2D eigenvalue weighted by molar-refractivity contribution is -0.115. The van der Waals surface area contributed by atoms with Crippen LogP contribution in [0.25, 0.3) is 11.4 Å². The number of hydrogen-bond acceptors (Lipinski definition) is 6. The summed E-state index contributed by atoms with van der Waals surface area (Å²) in [5.41, 5.74) is 1.96. The average molecular weight is 420 g/mol. The molecule has 1 atom stereocenters. The second-order valence-electron chi connectivity index (χ2n) is 6.38. The van der Waals surface area contributed by atoms with E-state index in [1.54, 1.807) is 44.4 Å². The van der Waals surface area contributed by atoms with Crippen LogP contribution >= 0.6 is 11.8 Å². The van der Waals surface area contributed by atoms with Crippen LogP contribution < -0.4 is 10.1 Å². The highest BCUT2D eigenvalue weighted by molar-refractivity contribution is 8.00. The highest BCUT2D eigenvalue weighted by Gasteiger charge is 2.20. The molecule has 8 heteroatoms. The number of nitrogens with one attached hydrogen (secondary N) is 1. The summed E-state index contributed by atoms with van der Waals surface area (Å²) in [6.07, 6.45) is 1.76. The Hall–Kier alpha value is -3.57. The molecule has 3 rings (SSSR count). The van der Waals surface area contributed by atoms with E-state index >= 15 is 0 Å². The second-order valence-corrected chi connectivity index (χ2v) is 7.68. The molecule has 0 aliphatic carbocycles. The van der Waals surface area contributed by atoms with Gasteiger partial charge >= 0.3 is 0 Å². The van der Waals surface area contributed by atoms with E-state index in [1.807, 2.05) is 28.8 Å². The molecule has 2 aromatic carbocycles. The van der Waals surface area contributed by atoms with E-state index in [0.717, 1.165) is 11.3 Å². The lowest BCUT2D eigenvalue weighted by atomic mass is 10.2. The average Bonchev–Trinajstić information content (AvgIpc) is 3.16. The number of hydrogen-bond donors (Lipinski definition) is 1. The summed E-state index contributed by atoms with van der Waals surface area (Å²) in [6.45, 7) is 6.12. The third-order valence-corrected chi connectivity index (χ3v) is 5.37. The maximum absolute atomic E-state index is 12.6. The van der Waals surface area contributed by atoms with Gasteiger partial charge in [-0.2, -0.15) is 5.26 Å². The molecule has 1 N–H and O–H groups in total.